The Hall–Kier alpha value is -1.00. The van der Waals surface area contributed by atoms with Crippen LogP contribution >= 0.6 is 27.2 Å². The van der Waals surface area contributed by atoms with Crippen LogP contribution < -0.4 is 10.6 Å². The van der Waals surface area contributed by atoms with Crippen LogP contribution in [0.25, 0.3) is 20.9 Å². The Kier molecular flexibility index (Phi) is 11.5. The van der Waals surface area contributed by atoms with E-state index < -0.39 is 0 Å². The molecule has 0 fully saturated rings. The minimum atomic E-state index is -0.239. The van der Waals surface area contributed by atoms with Crippen molar-refractivity contribution in [2.24, 2.45) is 23.7 Å². The van der Waals surface area contributed by atoms with E-state index in [1.165, 1.54) is 46.9 Å². The molecule has 1 heterocycles. The van der Waals surface area contributed by atoms with Gasteiger partial charge in [0, 0.05) is 20.4 Å². The first kappa shape index (κ1) is 30.5. The predicted octanol–water partition coefficient (Wildman–Crippen LogP) is 10.5. The van der Waals surface area contributed by atoms with E-state index in [0.29, 0.717) is 23.7 Å². The van der Waals surface area contributed by atoms with Crippen LogP contribution in [0, 0.1) is 37.5 Å². The number of benzene rings is 2. The number of aryl methyl sites for hydroxylation is 2. The molecular formula is C34H50P2S. The molecule has 3 rings (SSSR count). The molecule has 0 bridgehead atoms. The lowest BCUT2D eigenvalue weighted by atomic mass is 10.1. The summed E-state index contributed by atoms with van der Waals surface area (Å²) in [6.07, 6.45) is 5.32. The zero-order chi connectivity index (χ0) is 27.3. The average Bonchev–Trinajstić information content (AvgIpc) is 3.18. The van der Waals surface area contributed by atoms with Gasteiger partial charge in [0.05, 0.1) is 0 Å². The second-order valence-electron chi connectivity index (χ2n) is 12.6. The Bertz CT molecular complexity index is 996. The maximum atomic E-state index is 2.43. The van der Waals surface area contributed by atoms with Gasteiger partial charge in [-0.2, -0.15) is 0 Å². The topological polar surface area (TPSA) is 0 Å². The normalized spacial score (nSPS) is 12.3. The maximum Gasteiger partial charge on any atom is 0.0432 e. The van der Waals surface area contributed by atoms with Crippen molar-refractivity contribution in [1.29, 1.82) is 0 Å². The molecule has 37 heavy (non-hydrogen) atoms. The average molecular weight is 553 g/mol. The molecule has 1 aromatic heterocycles. The standard InChI is InChI=1S/C34H50P2S/c1-23(2)19-35(20-24(3)4)31-32(36(21-25(5)6)22-26(7)8)34(30-17-13-28(10)14-18-30)37-33(31)29-15-11-27(9)12-16-29/h11-18,23-26H,19-22H2,1-10H3. The summed E-state index contributed by atoms with van der Waals surface area (Å²) >= 11 is 2.10. The third kappa shape index (κ3) is 8.49. The van der Waals surface area contributed by atoms with Gasteiger partial charge in [-0.05, 0) is 73.3 Å². The van der Waals surface area contributed by atoms with Gasteiger partial charge in [0.1, 0.15) is 0 Å². The summed E-state index contributed by atoms with van der Waals surface area (Å²) < 4.78 is 0. The summed E-state index contributed by atoms with van der Waals surface area (Å²) in [6, 6.07) is 18.8. The van der Waals surface area contributed by atoms with E-state index >= 15 is 0 Å². The van der Waals surface area contributed by atoms with E-state index in [4.69, 9.17) is 0 Å². The lowest BCUT2D eigenvalue weighted by molar-refractivity contribution is 0.720. The Morgan fingerprint density at radius 2 is 0.757 bits per heavy atom. The fraction of sp³-hybridized carbons (Fsp3) is 0.529. The van der Waals surface area contributed by atoms with Crippen molar-refractivity contribution in [3.8, 4) is 20.9 Å². The van der Waals surface area contributed by atoms with Gasteiger partial charge in [0.25, 0.3) is 0 Å². The molecule has 202 valence electrons. The zero-order valence-corrected chi connectivity index (χ0v) is 27.7. The van der Waals surface area contributed by atoms with Crippen molar-refractivity contribution in [2.75, 3.05) is 24.6 Å². The van der Waals surface area contributed by atoms with Crippen LogP contribution in [0.5, 0.6) is 0 Å². The number of rotatable bonds is 12. The molecule has 0 amide bonds. The van der Waals surface area contributed by atoms with E-state index in [1.807, 2.05) is 0 Å². The fourth-order valence-corrected chi connectivity index (χ4v) is 14.4. The van der Waals surface area contributed by atoms with Crippen LogP contribution in [0.1, 0.15) is 66.5 Å². The number of thiophene rings is 1. The number of hydrogen-bond donors (Lipinski definition) is 0. The van der Waals surface area contributed by atoms with E-state index in [0.717, 1.165) is 0 Å². The van der Waals surface area contributed by atoms with E-state index in [1.54, 1.807) is 20.4 Å². The smallest absolute Gasteiger partial charge is 0.0432 e. The Balaban J connectivity index is 2.40. The van der Waals surface area contributed by atoms with Crippen LogP contribution in [0.4, 0.5) is 0 Å². The van der Waals surface area contributed by atoms with Crippen molar-refractivity contribution in [3.63, 3.8) is 0 Å². The van der Waals surface area contributed by atoms with Gasteiger partial charge in [-0.1, -0.05) is 131 Å². The van der Waals surface area contributed by atoms with Crippen LogP contribution in [-0.4, -0.2) is 24.6 Å². The summed E-state index contributed by atoms with van der Waals surface area (Å²) in [6.45, 7) is 23.8. The molecule has 0 aliphatic rings. The van der Waals surface area contributed by atoms with E-state index in [2.05, 4.69) is 129 Å². The van der Waals surface area contributed by atoms with E-state index in [9.17, 15) is 0 Å². The van der Waals surface area contributed by atoms with Crippen molar-refractivity contribution < 1.29 is 0 Å². The molecular weight excluding hydrogens is 502 g/mol. The third-order valence-corrected chi connectivity index (χ3v) is 15.1. The fourth-order valence-electron chi connectivity index (χ4n) is 5.08. The van der Waals surface area contributed by atoms with Crippen molar-refractivity contribution >= 4 is 37.8 Å². The van der Waals surface area contributed by atoms with Crippen LogP contribution in [0.3, 0.4) is 0 Å². The van der Waals surface area contributed by atoms with Gasteiger partial charge in [-0.25, -0.2) is 0 Å². The summed E-state index contributed by atoms with van der Waals surface area (Å²) in [5.41, 5.74) is 5.53. The molecule has 3 aromatic rings. The molecule has 0 aliphatic heterocycles. The van der Waals surface area contributed by atoms with E-state index in [-0.39, 0.29) is 15.8 Å². The molecule has 0 spiro atoms. The minimum Gasteiger partial charge on any atom is -0.134 e. The SMILES string of the molecule is Cc1ccc(-c2sc(-c3ccc(C)cc3)c(P(CC(C)C)CC(C)C)c2P(CC(C)C)CC(C)C)cc1. The molecule has 0 atom stereocenters. The third-order valence-electron chi connectivity index (χ3n) is 6.46. The highest BCUT2D eigenvalue weighted by Crippen LogP contribution is 2.52. The largest absolute Gasteiger partial charge is 0.134 e. The molecule has 0 unspecified atom stereocenters. The minimum absolute atomic E-state index is 0.239. The first-order valence-corrected chi connectivity index (χ1v) is 18.5. The van der Waals surface area contributed by atoms with Crippen molar-refractivity contribution in [3.05, 3.63) is 59.7 Å². The first-order valence-electron chi connectivity index (χ1n) is 14.3. The van der Waals surface area contributed by atoms with Gasteiger partial charge in [0.2, 0.25) is 0 Å². The Morgan fingerprint density at radius 3 is 1.00 bits per heavy atom. The second-order valence-corrected chi connectivity index (χ2v) is 18.1. The van der Waals surface area contributed by atoms with Crippen LogP contribution in [0.15, 0.2) is 48.5 Å². The Labute approximate surface area is 235 Å². The van der Waals surface area contributed by atoms with Gasteiger partial charge in [0.15, 0.2) is 0 Å². The Morgan fingerprint density at radius 1 is 0.486 bits per heavy atom. The summed E-state index contributed by atoms with van der Waals surface area (Å²) in [7, 11) is -0.478. The lowest BCUT2D eigenvalue weighted by Gasteiger charge is -2.29. The van der Waals surface area contributed by atoms with Crippen LogP contribution in [-0.2, 0) is 0 Å². The summed E-state index contributed by atoms with van der Waals surface area (Å²) in [4.78, 5) is 3.14. The molecule has 0 saturated heterocycles. The second kappa shape index (κ2) is 13.9. The van der Waals surface area contributed by atoms with Gasteiger partial charge in [-0.3, -0.25) is 0 Å². The zero-order valence-electron chi connectivity index (χ0n) is 25.1. The highest BCUT2D eigenvalue weighted by Gasteiger charge is 2.32. The van der Waals surface area contributed by atoms with Crippen molar-refractivity contribution in [1.82, 2.24) is 0 Å². The van der Waals surface area contributed by atoms with Gasteiger partial charge >= 0.3 is 0 Å². The lowest BCUT2D eigenvalue weighted by Crippen LogP contribution is -2.28. The predicted molar refractivity (Wildman–Crippen MR) is 177 cm³/mol. The molecule has 0 N–H and O–H groups in total. The van der Waals surface area contributed by atoms with Gasteiger partial charge in [-0.15, -0.1) is 11.3 Å². The first-order chi connectivity index (χ1) is 17.5. The number of hydrogen-bond acceptors (Lipinski definition) is 1. The highest BCUT2D eigenvalue weighted by atomic mass is 32.1. The quantitative estimate of drug-likeness (QED) is 0.196. The monoisotopic (exact) mass is 552 g/mol. The molecule has 0 aliphatic carbocycles. The molecule has 3 heteroatoms. The van der Waals surface area contributed by atoms with Crippen molar-refractivity contribution in [2.45, 2.75) is 69.2 Å². The van der Waals surface area contributed by atoms with Gasteiger partial charge < -0.3 is 0 Å². The summed E-state index contributed by atoms with van der Waals surface area (Å²) in [5.74, 6) is 2.86. The maximum absolute atomic E-state index is 2.43. The molecule has 0 radical (unpaired) electrons. The highest BCUT2D eigenvalue weighted by molar-refractivity contribution is 7.73. The summed E-state index contributed by atoms with van der Waals surface area (Å²) in [5, 5.41) is 3.54. The molecule has 0 saturated carbocycles. The molecule has 0 nitrogen and oxygen atoms in total. The molecule has 2 aromatic carbocycles. The van der Waals surface area contributed by atoms with Crippen LogP contribution in [0.2, 0.25) is 0 Å².